The Morgan fingerprint density at radius 3 is 2.47 bits per heavy atom. The van der Waals surface area contributed by atoms with Gasteiger partial charge in [-0.05, 0) is 50.7 Å². The molecule has 0 aliphatic rings. The van der Waals surface area contributed by atoms with Crippen molar-refractivity contribution in [3.05, 3.63) is 47.0 Å². The van der Waals surface area contributed by atoms with E-state index < -0.39 is 0 Å². The summed E-state index contributed by atoms with van der Waals surface area (Å²) in [5.41, 5.74) is 3.85. The molecule has 0 saturated carbocycles. The summed E-state index contributed by atoms with van der Waals surface area (Å²) in [6.07, 6.45) is 6.72. The third kappa shape index (κ3) is 7.45. The Morgan fingerprint density at radius 1 is 1.16 bits per heavy atom. The Kier molecular flexibility index (Phi) is 6.94. The first-order valence-electron chi connectivity index (χ1n) is 6.92. The normalized spacial score (nSPS) is 11.4. The molecule has 19 heavy (non-hydrogen) atoms. The molecular weight excluding hydrogens is 236 g/mol. The maximum Gasteiger partial charge on any atom is 0.302 e. The zero-order chi connectivity index (χ0) is 14.1. The first-order chi connectivity index (χ1) is 9.08. The highest BCUT2D eigenvalue weighted by Gasteiger charge is 1.95. The van der Waals surface area contributed by atoms with Gasteiger partial charge in [-0.25, -0.2) is 0 Å². The Balaban J connectivity index is 2.15. The lowest BCUT2D eigenvalue weighted by atomic mass is 10.1. The SMILES string of the molecule is CC(=O)OC/C(C)=C/CCCCc1ccc(C)cc1. The van der Waals surface area contributed by atoms with E-state index in [2.05, 4.69) is 37.3 Å². The predicted molar refractivity (Wildman–Crippen MR) is 79.1 cm³/mol. The zero-order valence-corrected chi connectivity index (χ0v) is 12.2. The molecule has 0 heterocycles. The molecule has 0 saturated heterocycles. The summed E-state index contributed by atoms with van der Waals surface area (Å²) in [6, 6.07) is 8.74. The van der Waals surface area contributed by atoms with Crippen LogP contribution >= 0.6 is 0 Å². The summed E-state index contributed by atoms with van der Waals surface area (Å²) in [6.45, 7) is 5.98. The third-order valence-electron chi connectivity index (χ3n) is 3.04. The van der Waals surface area contributed by atoms with Crippen molar-refractivity contribution >= 4 is 5.97 Å². The van der Waals surface area contributed by atoms with Crippen LogP contribution in [0.1, 0.15) is 44.2 Å². The van der Waals surface area contributed by atoms with Crippen LogP contribution in [0.4, 0.5) is 0 Å². The van der Waals surface area contributed by atoms with Gasteiger partial charge in [-0.15, -0.1) is 0 Å². The van der Waals surface area contributed by atoms with Crippen LogP contribution in [0.3, 0.4) is 0 Å². The van der Waals surface area contributed by atoms with Crippen molar-refractivity contribution in [1.82, 2.24) is 0 Å². The maximum absolute atomic E-state index is 10.7. The highest BCUT2D eigenvalue weighted by Crippen LogP contribution is 2.09. The van der Waals surface area contributed by atoms with E-state index in [0.29, 0.717) is 6.61 Å². The number of carbonyl (C=O) groups excluding carboxylic acids is 1. The highest BCUT2D eigenvalue weighted by atomic mass is 16.5. The van der Waals surface area contributed by atoms with Gasteiger partial charge in [0.25, 0.3) is 0 Å². The van der Waals surface area contributed by atoms with Crippen LogP contribution in [0.2, 0.25) is 0 Å². The van der Waals surface area contributed by atoms with Crippen molar-refractivity contribution in [2.24, 2.45) is 0 Å². The van der Waals surface area contributed by atoms with E-state index in [1.54, 1.807) is 0 Å². The minimum atomic E-state index is -0.216. The second kappa shape index (κ2) is 8.52. The molecule has 0 aliphatic heterocycles. The van der Waals surface area contributed by atoms with Crippen LogP contribution in [-0.4, -0.2) is 12.6 Å². The van der Waals surface area contributed by atoms with Gasteiger partial charge in [0.1, 0.15) is 6.61 Å². The monoisotopic (exact) mass is 260 g/mol. The number of unbranched alkanes of at least 4 members (excludes halogenated alkanes) is 2. The third-order valence-corrected chi connectivity index (χ3v) is 3.04. The summed E-state index contributed by atoms with van der Waals surface area (Å²) in [7, 11) is 0. The molecule has 2 nitrogen and oxygen atoms in total. The van der Waals surface area contributed by atoms with Crippen molar-refractivity contribution in [3.8, 4) is 0 Å². The van der Waals surface area contributed by atoms with E-state index in [1.807, 2.05) is 6.92 Å². The summed E-state index contributed by atoms with van der Waals surface area (Å²) >= 11 is 0. The number of benzene rings is 1. The highest BCUT2D eigenvalue weighted by molar-refractivity contribution is 5.66. The van der Waals surface area contributed by atoms with Gasteiger partial charge in [-0.1, -0.05) is 35.9 Å². The minimum absolute atomic E-state index is 0.216. The lowest BCUT2D eigenvalue weighted by Crippen LogP contribution is -2.01. The van der Waals surface area contributed by atoms with E-state index in [9.17, 15) is 4.79 Å². The number of hydrogen-bond donors (Lipinski definition) is 0. The molecule has 1 aromatic carbocycles. The van der Waals surface area contributed by atoms with Crippen LogP contribution in [0.15, 0.2) is 35.9 Å². The second-order valence-electron chi connectivity index (χ2n) is 5.06. The molecule has 0 radical (unpaired) electrons. The summed E-state index contributed by atoms with van der Waals surface area (Å²) in [5.74, 6) is -0.216. The van der Waals surface area contributed by atoms with Crippen LogP contribution in [-0.2, 0) is 16.0 Å². The molecule has 0 aromatic heterocycles. The van der Waals surface area contributed by atoms with Gasteiger partial charge in [0.2, 0.25) is 0 Å². The fraction of sp³-hybridized carbons (Fsp3) is 0.471. The lowest BCUT2D eigenvalue weighted by Gasteiger charge is -2.03. The average molecular weight is 260 g/mol. The van der Waals surface area contributed by atoms with Crippen molar-refractivity contribution < 1.29 is 9.53 Å². The number of rotatable bonds is 7. The number of aryl methyl sites for hydroxylation is 2. The Labute approximate surface area is 116 Å². The van der Waals surface area contributed by atoms with Gasteiger partial charge in [0, 0.05) is 6.92 Å². The van der Waals surface area contributed by atoms with Gasteiger partial charge in [0.15, 0.2) is 0 Å². The fourth-order valence-electron chi connectivity index (χ4n) is 1.85. The van der Waals surface area contributed by atoms with Crippen LogP contribution < -0.4 is 0 Å². The van der Waals surface area contributed by atoms with Gasteiger partial charge < -0.3 is 4.74 Å². The first kappa shape index (κ1) is 15.5. The van der Waals surface area contributed by atoms with Crippen molar-refractivity contribution in [2.45, 2.75) is 46.5 Å². The van der Waals surface area contributed by atoms with Gasteiger partial charge >= 0.3 is 5.97 Å². The van der Waals surface area contributed by atoms with Crippen molar-refractivity contribution in [2.75, 3.05) is 6.61 Å². The molecule has 0 bridgehead atoms. The number of esters is 1. The molecule has 2 heteroatoms. The van der Waals surface area contributed by atoms with Crippen molar-refractivity contribution in [3.63, 3.8) is 0 Å². The van der Waals surface area contributed by atoms with E-state index >= 15 is 0 Å². The number of hydrogen-bond acceptors (Lipinski definition) is 2. The fourth-order valence-corrected chi connectivity index (χ4v) is 1.85. The first-order valence-corrected chi connectivity index (χ1v) is 6.92. The van der Waals surface area contributed by atoms with Crippen LogP contribution in [0.5, 0.6) is 0 Å². The molecule has 1 aromatic rings. The molecular formula is C17H24O2. The predicted octanol–water partition coefficient (Wildman–Crippen LogP) is 4.22. The molecule has 0 spiro atoms. The summed E-state index contributed by atoms with van der Waals surface area (Å²) < 4.78 is 4.93. The van der Waals surface area contributed by atoms with E-state index in [0.717, 1.165) is 18.4 Å². The van der Waals surface area contributed by atoms with Crippen molar-refractivity contribution in [1.29, 1.82) is 0 Å². The Bertz CT molecular complexity index is 415. The Hall–Kier alpha value is -1.57. The van der Waals surface area contributed by atoms with Gasteiger partial charge in [-0.2, -0.15) is 0 Å². The molecule has 0 fully saturated rings. The quantitative estimate of drug-likeness (QED) is 0.417. The average Bonchev–Trinajstić information content (AvgIpc) is 2.38. The summed E-state index contributed by atoms with van der Waals surface area (Å²) in [5, 5.41) is 0. The Morgan fingerprint density at radius 2 is 1.84 bits per heavy atom. The van der Waals surface area contributed by atoms with Gasteiger partial charge in [0.05, 0.1) is 0 Å². The number of allylic oxidation sites excluding steroid dienone is 1. The topological polar surface area (TPSA) is 26.3 Å². The number of carbonyl (C=O) groups is 1. The summed E-state index contributed by atoms with van der Waals surface area (Å²) in [4.78, 5) is 10.7. The standard InChI is InChI=1S/C17H24O2/c1-14-9-11-17(12-10-14)8-6-4-5-7-15(2)13-19-16(3)18/h7,9-12H,4-6,8,13H2,1-3H3/b15-7+. The van der Waals surface area contributed by atoms with Crippen LogP contribution in [0, 0.1) is 6.92 Å². The molecule has 0 aliphatic carbocycles. The van der Waals surface area contributed by atoms with Gasteiger partial charge in [-0.3, -0.25) is 4.79 Å². The second-order valence-corrected chi connectivity index (χ2v) is 5.06. The molecule has 1 rings (SSSR count). The molecule has 0 unspecified atom stereocenters. The molecule has 104 valence electrons. The lowest BCUT2D eigenvalue weighted by molar-refractivity contribution is -0.139. The van der Waals surface area contributed by atoms with Crippen LogP contribution in [0.25, 0.3) is 0 Å². The van der Waals surface area contributed by atoms with E-state index in [1.165, 1.54) is 30.9 Å². The molecule has 0 amide bonds. The maximum atomic E-state index is 10.7. The molecule has 0 atom stereocenters. The molecule has 0 N–H and O–H groups in total. The number of ether oxygens (including phenoxy) is 1. The zero-order valence-electron chi connectivity index (χ0n) is 12.2. The van der Waals surface area contributed by atoms with E-state index in [4.69, 9.17) is 4.74 Å². The smallest absolute Gasteiger partial charge is 0.302 e. The van der Waals surface area contributed by atoms with E-state index in [-0.39, 0.29) is 5.97 Å². The minimum Gasteiger partial charge on any atom is -0.461 e. The largest absolute Gasteiger partial charge is 0.461 e.